The predicted octanol–water partition coefficient (Wildman–Crippen LogP) is 2.62. The summed E-state index contributed by atoms with van der Waals surface area (Å²) in [6.07, 6.45) is 1.02. The van der Waals surface area contributed by atoms with Crippen molar-refractivity contribution in [2.45, 2.75) is 44.4 Å². The van der Waals surface area contributed by atoms with E-state index in [1.807, 2.05) is 48.5 Å². The number of nitrogens with one attached hydrogen (secondary N) is 5. The fourth-order valence-corrected chi connectivity index (χ4v) is 8.95. The van der Waals surface area contributed by atoms with Crippen LogP contribution < -0.4 is 31.3 Å². The summed E-state index contributed by atoms with van der Waals surface area (Å²) >= 11 is 0. The topological polar surface area (TPSA) is 259 Å². The summed E-state index contributed by atoms with van der Waals surface area (Å²) in [4.78, 5) is 103. The largest absolute Gasteiger partial charge is 0.507 e. The number of hydrogen-bond acceptors (Lipinski definition) is 12. The first kappa shape index (κ1) is 47.2. The number of amides is 6. The Kier molecular flexibility index (Phi) is 15.1. The zero-order chi connectivity index (χ0) is 47.6. The monoisotopic (exact) mass is 916 g/mol. The number of carbonyl (C=O) groups is 8. The van der Waals surface area contributed by atoms with Crippen molar-refractivity contribution in [1.29, 1.82) is 0 Å². The number of hydrogen-bond donors (Lipinski definition) is 7. The van der Waals surface area contributed by atoms with Crippen LogP contribution in [0.1, 0.15) is 85.7 Å². The molecule has 350 valence electrons. The van der Waals surface area contributed by atoms with E-state index in [-0.39, 0.29) is 117 Å². The lowest BCUT2D eigenvalue weighted by atomic mass is 9.75. The van der Waals surface area contributed by atoms with Gasteiger partial charge in [-0.15, -0.1) is 0 Å². The van der Waals surface area contributed by atoms with Crippen LogP contribution in [0.3, 0.4) is 0 Å². The SMILES string of the molecule is COc1cccc2c1C(=O)c1c(O)c3c(c(O)c1C2=O)C[C@@H](C(=O)NCCCN(CCCNC(=O)CNC(=O)CNC(=O)CCNC=O)C(=O)OCC1c2ccccc2-c2ccccc21)CC3. The molecule has 18 heteroatoms. The molecule has 4 aromatic carbocycles. The molecule has 0 heterocycles. The van der Waals surface area contributed by atoms with Crippen molar-refractivity contribution in [2.24, 2.45) is 5.92 Å². The average molecular weight is 917 g/mol. The van der Waals surface area contributed by atoms with Crippen LogP contribution in [0, 0.1) is 5.92 Å². The molecule has 0 aromatic heterocycles. The Morgan fingerprint density at radius 1 is 0.701 bits per heavy atom. The number of fused-ring (bicyclic) bond motifs is 6. The third-order valence-electron chi connectivity index (χ3n) is 12.3. The van der Waals surface area contributed by atoms with Crippen molar-refractivity contribution >= 4 is 47.7 Å². The molecule has 3 aliphatic carbocycles. The zero-order valence-corrected chi connectivity index (χ0v) is 36.9. The highest BCUT2D eigenvalue weighted by atomic mass is 16.6. The molecule has 0 bridgehead atoms. The number of rotatable bonds is 20. The van der Waals surface area contributed by atoms with Crippen LogP contribution in [0.25, 0.3) is 11.1 Å². The third-order valence-corrected chi connectivity index (χ3v) is 12.3. The van der Waals surface area contributed by atoms with Gasteiger partial charge in [-0.1, -0.05) is 60.7 Å². The molecule has 67 heavy (non-hydrogen) atoms. The van der Waals surface area contributed by atoms with E-state index >= 15 is 0 Å². The van der Waals surface area contributed by atoms with Gasteiger partial charge in [0, 0.05) is 67.7 Å². The Morgan fingerprint density at radius 3 is 1.97 bits per heavy atom. The van der Waals surface area contributed by atoms with Gasteiger partial charge in [-0.05, 0) is 60.4 Å². The van der Waals surface area contributed by atoms with E-state index in [1.165, 1.54) is 24.1 Å². The van der Waals surface area contributed by atoms with Gasteiger partial charge in [0.1, 0.15) is 23.9 Å². The fraction of sp³-hybridized carbons (Fsp3) is 0.347. The van der Waals surface area contributed by atoms with E-state index in [1.54, 1.807) is 6.07 Å². The van der Waals surface area contributed by atoms with Gasteiger partial charge in [-0.2, -0.15) is 0 Å². The minimum Gasteiger partial charge on any atom is -0.507 e. The molecule has 0 spiro atoms. The number of aromatic hydroxyl groups is 2. The molecular weight excluding hydrogens is 865 g/mol. The Balaban J connectivity index is 0.937. The van der Waals surface area contributed by atoms with Gasteiger partial charge in [0.05, 0.1) is 36.9 Å². The maximum absolute atomic E-state index is 13.7. The molecule has 1 atom stereocenters. The standard InChI is InChI=1S/C49H52N6O12/c1-66-37-14-6-13-34-41(37)47(63)43-42(45(34)61)46(62)35-23-28(15-16-33(35)44(43)60)48(64)52-19-8-22-55(21-7-18-51-39(58)24-54-40(59)25-53-38(57)17-20-50-27-56)49(65)67-26-36-31-11-4-2-9-29(31)30-10-3-5-12-32(30)36/h2-6,9-14,27-28,36,60,62H,7-8,15-26H2,1H3,(H,50,56)(H,51,58)(H,52,64)(H,53,57)(H,54,59)/t28-/m0/s1. The number of nitrogens with zero attached hydrogens (tertiary/aromatic N) is 1. The molecule has 4 aromatic rings. The molecule has 7 rings (SSSR count). The number of ketones is 2. The van der Waals surface area contributed by atoms with E-state index in [4.69, 9.17) is 9.47 Å². The van der Waals surface area contributed by atoms with Crippen LogP contribution in [0.2, 0.25) is 0 Å². The van der Waals surface area contributed by atoms with Crippen molar-refractivity contribution < 1.29 is 58.0 Å². The van der Waals surface area contributed by atoms with E-state index in [0.717, 1.165) is 22.3 Å². The van der Waals surface area contributed by atoms with Crippen LogP contribution >= 0.6 is 0 Å². The second-order valence-corrected chi connectivity index (χ2v) is 16.4. The number of phenols is 2. The number of ether oxygens (including phenoxy) is 2. The predicted molar refractivity (Wildman–Crippen MR) is 242 cm³/mol. The second kappa shape index (κ2) is 21.5. The Bertz CT molecular complexity index is 2570. The Morgan fingerprint density at radius 2 is 1.30 bits per heavy atom. The van der Waals surface area contributed by atoms with Crippen LogP contribution in [0.4, 0.5) is 4.79 Å². The smallest absolute Gasteiger partial charge is 0.409 e. The van der Waals surface area contributed by atoms with E-state index < -0.39 is 52.8 Å². The van der Waals surface area contributed by atoms with Crippen molar-refractivity contribution in [3.63, 3.8) is 0 Å². The average Bonchev–Trinajstić information content (AvgIpc) is 3.66. The lowest BCUT2D eigenvalue weighted by Crippen LogP contribution is -2.43. The third kappa shape index (κ3) is 10.4. The van der Waals surface area contributed by atoms with Crippen molar-refractivity contribution in [3.05, 3.63) is 111 Å². The zero-order valence-electron chi connectivity index (χ0n) is 36.9. The number of phenolic OH excluding ortho intramolecular Hbond substituents is 2. The molecule has 3 aliphatic rings. The maximum atomic E-state index is 13.7. The summed E-state index contributed by atoms with van der Waals surface area (Å²) in [6, 6.07) is 20.5. The molecule has 0 fully saturated rings. The van der Waals surface area contributed by atoms with E-state index in [9.17, 15) is 48.6 Å². The maximum Gasteiger partial charge on any atom is 0.409 e. The highest BCUT2D eigenvalue weighted by molar-refractivity contribution is 6.31. The minimum atomic E-state index is -0.640. The molecule has 0 unspecified atom stereocenters. The molecule has 0 saturated heterocycles. The molecular formula is C49H52N6O12. The Hall–Kier alpha value is -7.76. The molecule has 0 aliphatic heterocycles. The molecule has 0 radical (unpaired) electrons. The Labute approximate surface area is 385 Å². The van der Waals surface area contributed by atoms with Crippen LogP contribution in [-0.4, -0.2) is 122 Å². The van der Waals surface area contributed by atoms with Gasteiger partial charge in [0.15, 0.2) is 5.78 Å². The van der Waals surface area contributed by atoms with E-state index in [2.05, 4.69) is 26.6 Å². The van der Waals surface area contributed by atoms with Crippen LogP contribution in [0.5, 0.6) is 17.2 Å². The molecule has 6 amide bonds. The van der Waals surface area contributed by atoms with Gasteiger partial charge >= 0.3 is 6.09 Å². The summed E-state index contributed by atoms with van der Waals surface area (Å²) < 4.78 is 11.3. The van der Waals surface area contributed by atoms with Gasteiger partial charge in [0.2, 0.25) is 35.8 Å². The molecule has 0 saturated carbocycles. The van der Waals surface area contributed by atoms with Gasteiger partial charge in [0.25, 0.3) is 0 Å². The lowest BCUT2D eigenvalue weighted by Gasteiger charge is -2.29. The van der Waals surface area contributed by atoms with Gasteiger partial charge in [-0.25, -0.2) is 4.79 Å². The van der Waals surface area contributed by atoms with Crippen molar-refractivity contribution in [3.8, 4) is 28.4 Å². The highest BCUT2D eigenvalue weighted by Gasteiger charge is 2.41. The van der Waals surface area contributed by atoms with Crippen molar-refractivity contribution in [2.75, 3.05) is 59.5 Å². The summed E-state index contributed by atoms with van der Waals surface area (Å²) in [5.74, 6) is -4.56. The normalized spacial score (nSPS) is 14.3. The first-order valence-electron chi connectivity index (χ1n) is 22.1. The minimum absolute atomic E-state index is 0.00538. The fourth-order valence-electron chi connectivity index (χ4n) is 8.95. The van der Waals surface area contributed by atoms with Crippen LogP contribution in [0.15, 0.2) is 66.7 Å². The molecule has 18 nitrogen and oxygen atoms in total. The van der Waals surface area contributed by atoms with Crippen LogP contribution in [-0.2, 0) is 41.6 Å². The summed E-state index contributed by atoms with van der Waals surface area (Å²) in [5, 5.41) is 35.6. The molecule has 7 N–H and O–H groups in total. The summed E-state index contributed by atoms with van der Waals surface area (Å²) in [6.45, 7) is 0.241. The number of carbonyl (C=O) groups excluding carboxylic acids is 8. The van der Waals surface area contributed by atoms with Gasteiger partial charge in [-0.3, -0.25) is 33.6 Å². The first-order valence-corrected chi connectivity index (χ1v) is 22.1. The summed E-state index contributed by atoms with van der Waals surface area (Å²) in [7, 11) is 1.37. The number of methoxy groups -OCH3 is 1. The second-order valence-electron chi connectivity index (χ2n) is 16.4. The quantitative estimate of drug-likeness (QED) is 0.0338. The van der Waals surface area contributed by atoms with Gasteiger partial charge < -0.3 is 51.2 Å². The number of benzene rings is 4. The first-order chi connectivity index (χ1) is 32.4. The summed E-state index contributed by atoms with van der Waals surface area (Å²) in [5.41, 5.74) is 4.26. The van der Waals surface area contributed by atoms with Crippen molar-refractivity contribution in [1.82, 2.24) is 31.5 Å². The highest BCUT2D eigenvalue weighted by Crippen LogP contribution is 2.48. The lowest BCUT2D eigenvalue weighted by molar-refractivity contribution is -0.127. The van der Waals surface area contributed by atoms with E-state index in [0.29, 0.717) is 31.2 Å².